The Hall–Kier alpha value is -2.44. The monoisotopic (exact) mass is 268 g/mol. The molecule has 0 spiro atoms. The van der Waals surface area contributed by atoms with Gasteiger partial charge in [0.1, 0.15) is 11.9 Å². The number of carboxylic acid groups (broad SMARTS) is 1. The van der Waals surface area contributed by atoms with Crippen LogP contribution < -0.4 is 10.6 Å². The molecule has 0 aromatic heterocycles. The lowest BCUT2D eigenvalue weighted by atomic mass is 10.2. The highest BCUT2D eigenvalue weighted by Crippen LogP contribution is 2.05. The highest BCUT2D eigenvalue weighted by atomic mass is 19.1. The van der Waals surface area contributed by atoms with Gasteiger partial charge in [0.25, 0.3) is 5.91 Å². The molecular weight excluding hydrogens is 255 g/mol. The van der Waals surface area contributed by atoms with E-state index in [1.165, 1.54) is 25.1 Å². The van der Waals surface area contributed by atoms with E-state index in [4.69, 9.17) is 5.11 Å². The molecule has 0 saturated carbocycles. The van der Waals surface area contributed by atoms with Crippen molar-refractivity contribution in [2.75, 3.05) is 6.54 Å². The van der Waals surface area contributed by atoms with Crippen LogP contribution >= 0.6 is 0 Å². The molecule has 7 heteroatoms. The van der Waals surface area contributed by atoms with Crippen LogP contribution in [-0.2, 0) is 9.59 Å². The number of benzene rings is 1. The Morgan fingerprint density at radius 2 is 1.95 bits per heavy atom. The largest absolute Gasteiger partial charge is 0.480 e. The van der Waals surface area contributed by atoms with Crippen molar-refractivity contribution < 1.29 is 23.9 Å². The number of hydrogen-bond acceptors (Lipinski definition) is 3. The predicted molar refractivity (Wildman–Crippen MR) is 64.0 cm³/mol. The number of amides is 2. The number of aliphatic carboxylic acids is 1. The van der Waals surface area contributed by atoms with Crippen LogP contribution in [0.5, 0.6) is 0 Å². The van der Waals surface area contributed by atoms with E-state index in [1.54, 1.807) is 0 Å². The van der Waals surface area contributed by atoms with Crippen LogP contribution in [0.15, 0.2) is 24.3 Å². The zero-order valence-electron chi connectivity index (χ0n) is 10.1. The molecule has 0 bridgehead atoms. The molecular formula is C12H13FN2O4. The van der Waals surface area contributed by atoms with Crippen LogP contribution in [0.3, 0.4) is 0 Å². The van der Waals surface area contributed by atoms with Crippen molar-refractivity contribution >= 4 is 17.8 Å². The smallest absolute Gasteiger partial charge is 0.325 e. The number of nitrogens with one attached hydrogen (secondary N) is 2. The molecule has 0 radical (unpaired) electrons. The third-order valence-electron chi connectivity index (χ3n) is 2.28. The molecule has 0 aliphatic carbocycles. The van der Waals surface area contributed by atoms with Gasteiger partial charge in [-0.2, -0.15) is 0 Å². The average Bonchev–Trinajstić information content (AvgIpc) is 2.36. The Morgan fingerprint density at radius 3 is 2.53 bits per heavy atom. The predicted octanol–water partition coefficient (Wildman–Crippen LogP) is 0.145. The second-order valence-corrected chi connectivity index (χ2v) is 3.79. The summed E-state index contributed by atoms with van der Waals surface area (Å²) in [7, 11) is 0. The quantitative estimate of drug-likeness (QED) is 0.708. The summed E-state index contributed by atoms with van der Waals surface area (Å²) in [6, 6.07) is 4.28. The van der Waals surface area contributed by atoms with Crippen LogP contribution in [0.25, 0.3) is 0 Å². The van der Waals surface area contributed by atoms with Crippen molar-refractivity contribution in [2.45, 2.75) is 13.0 Å². The SMILES string of the molecule is C[C@H](NC(=O)CNC(=O)c1ccccc1F)C(=O)O. The van der Waals surface area contributed by atoms with E-state index < -0.39 is 36.2 Å². The molecule has 1 rings (SSSR count). The highest BCUT2D eigenvalue weighted by molar-refractivity contribution is 5.97. The van der Waals surface area contributed by atoms with Gasteiger partial charge in [-0.05, 0) is 19.1 Å². The van der Waals surface area contributed by atoms with Gasteiger partial charge in [-0.1, -0.05) is 12.1 Å². The Labute approximate surface area is 108 Å². The summed E-state index contributed by atoms with van der Waals surface area (Å²) < 4.78 is 13.2. The summed E-state index contributed by atoms with van der Waals surface area (Å²) in [6.45, 7) is 0.865. The van der Waals surface area contributed by atoms with Gasteiger partial charge < -0.3 is 15.7 Å². The van der Waals surface area contributed by atoms with Gasteiger partial charge in [0.15, 0.2) is 0 Å². The van der Waals surface area contributed by atoms with Crippen LogP contribution in [-0.4, -0.2) is 35.5 Å². The molecule has 19 heavy (non-hydrogen) atoms. The third kappa shape index (κ3) is 4.38. The van der Waals surface area contributed by atoms with Gasteiger partial charge in [0, 0.05) is 0 Å². The van der Waals surface area contributed by atoms with Crippen molar-refractivity contribution in [3.8, 4) is 0 Å². The first-order chi connectivity index (χ1) is 8.91. The summed E-state index contributed by atoms with van der Waals surface area (Å²) in [5.41, 5.74) is -0.179. The molecule has 0 unspecified atom stereocenters. The molecule has 3 N–H and O–H groups in total. The van der Waals surface area contributed by atoms with E-state index >= 15 is 0 Å². The van der Waals surface area contributed by atoms with E-state index in [2.05, 4.69) is 10.6 Å². The van der Waals surface area contributed by atoms with E-state index in [9.17, 15) is 18.8 Å². The molecule has 102 valence electrons. The molecule has 2 amide bonds. The standard InChI is InChI=1S/C12H13FN2O4/c1-7(12(18)19)15-10(16)6-14-11(17)8-4-2-3-5-9(8)13/h2-5,7H,6H2,1H3,(H,14,17)(H,15,16)(H,18,19)/t7-/m0/s1. The normalized spacial score (nSPS) is 11.5. The first-order valence-electron chi connectivity index (χ1n) is 5.46. The lowest BCUT2D eigenvalue weighted by Gasteiger charge is -2.10. The molecule has 0 fully saturated rings. The van der Waals surface area contributed by atoms with Crippen molar-refractivity contribution in [3.05, 3.63) is 35.6 Å². The summed E-state index contributed by atoms with van der Waals surface area (Å²) in [4.78, 5) is 33.3. The van der Waals surface area contributed by atoms with E-state index in [0.717, 1.165) is 6.07 Å². The lowest BCUT2D eigenvalue weighted by molar-refractivity contribution is -0.141. The van der Waals surface area contributed by atoms with Gasteiger partial charge in [-0.25, -0.2) is 4.39 Å². The van der Waals surface area contributed by atoms with Gasteiger partial charge in [0.05, 0.1) is 12.1 Å². The number of rotatable bonds is 5. The minimum Gasteiger partial charge on any atom is -0.480 e. The topological polar surface area (TPSA) is 95.5 Å². The fourth-order valence-electron chi connectivity index (χ4n) is 1.26. The van der Waals surface area contributed by atoms with Crippen molar-refractivity contribution in [1.29, 1.82) is 0 Å². The molecule has 6 nitrogen and oxygen atoms in total. The highest BCUT2D eigenvalue weighted by Gasteiger charge is 2.15. The summed E-state index contributed by atoms with van der Waals surface area (Å²) in [6.07, 6.45) is 0. The third-order valence-corrected chi connectivity index (χ3v) is 2.28. The zero-order chi connectivity index (χ0) is 14.4. The Bertz CT molecular complexity index is 504. The van der Waals surface area contributed by atoms with Crippen molar-refractivity contribution in [1.82, 2.24) is 10.6 Å². The zero-order valence-corrected chi connectivity index (χ0v) is 10.1. The number of carboxylic acids is 1. The number of hydrogen-bond donors (Lipinski definition) is 3. The first kappa shape index (κ1) is 14.6. The molecule has 0 aliphatic rings. The van der Waals surface area contributed by atoms with Crippen molar-refractivity contribution in [2.24, 2.45) is 0 Å². The fraction of sp³-hybridized carbons (Fsp3) is 0.250. The summed E-state index contributed by atoms with van der Waals surface area (Å²) >= 11 is 0. The molecule has 1 atom stereocenters. The van der Waals surface area contributed by atoms with Crippen LogP contribution in [0.2, 0.25) is 0 Å². The number of carbonyl (C=O) groups excluding carboxylic acids is 2. The van der Waals surface area contributed by atoms with Crippen molar-refractivity contribution in [3.63, 3.8) is 0 Å². The second kappa shape index (κ2) is 6.48. The molecule has 0 aliphatic heterocycles. The Morgan fingerprint density at radius 1 is 1.32 bits per heavy atom. The molecule has 1 aromatic rings. The van der Waals surface area contributed by atoms with Crippen LogP contribution in [0, 0.1) is 5.82 Å². The van der Waals surface area contributed by atoms with E-state index in [-0.39, 0.29) is 5.56 Å². The second-order valence-electron chi connectivity index (χ2n) is 3.79. The van der Waals surface area contributed by atoms with Gasteiger partial charge >= 0.3 is 5.97 Å². The van der Waals surface area contributed by atoms with Gasteiger partial charge in [-0.3, -0.25) is 14.4 Å². The Balaban J connectivity index is 2.49. The lowest BCUT2D eigenvalue weighted by Crippen LogP contribution is -2.44. The first-order valence-corrected chi connectivity index (χ1v) is 5.46. The maximum Gasteiger partial charge on any atom is 0.325 e. The van der Waals surface area contributed by atoms with Crippen LogP contribution in [0.4, 0.5) is 4.39 Å². The minimum absolute atomic E-state index is 0.179. The van der Waals surface area contributed by atoms with E-state index in [0.29, 0.717) is 0 Å². The minimum atomic E-state index is -1.19. The average molecular weight is 268 g/mol. The maximum atomic E-state index is 13.2. The van der Waals surface area contributed by atoms with E-state index in [1.807, 2.05) is 0 Å². The number of carbonyl (C=O) groups is 3. The molecule has 1 aromatic carbocycles. The van der Waals surface area contributed by atoms with Gasteiger partial charge in [0.2, 0.25) is 5.91 Å². The number of halogens is 1. The fourth-order valence-corrected chi connectivity index (χ4v) is 1.26. The summed E-state index contributed by atoms with van der Waals surface area (Å²) in [5, 5.41) is 12.9. The maximum absolute atomic E-state index is 13.2. The summed E-state index contributed by atoms with van der Waals surface area (Å²) in [5.74, 6) is -3.29. The molecule has 0 heterocycles. The Kier molecular flexibility index (Phi) is 4.99. The van der Waals surface area contributed by atoms with Gasteiger partial charge in [-0.15, -0.1) is 0 Å². The molecule has 0 saturated heterocycles. The van der Waals surface area contributed by atoms with Crippen LogP contribution in [0.1, 0.15) is 17.3 Å².